The van der Waals surface area contributed by atoms with Crippen LogP contribution < -0.4 is 0 Å². The zero-order valence-corrected chi connectivity index (χ0v) is 16.1. The van der Waals surface area contributed by atoms with Crippen molar-refractivity contribution in [3.63, 3.8) is 0 Å². The molecule has 0 saturated carbocycles. The molecule has 4 rings (SSSR count). The van der Waals surface area contributed by atoms with E-state index in [1.165, 1.54) is 32.7 Å². The Bertz CT molecular complexity index is 794. The number of allylic oxidation sites excluding steroid dienone is 4. The normalized spacial score (nSPS) is 16.7. The molecule has 0 N–H and O–H groups in total. The summed E-state index contributed by atoms with van der Waals surface area (Å²) in [5, 5.41) is 0.458. The molecule has 0 fully saturated rings. The van der Waals surface area contributed by atoms with Gasteiger partial charge in [-0.05, 0) is 41.3 Å². The zero-order chi connectivity index (χ0) is 18.2. The number of benzene rings is 2. The van der Waals surface area contributed by atoms with Gasteiger partial charge in [0.05, 0.1) is 5.25 Å². The van der Waals surface area contributed by atoms with Crippen LogP contribution in [0.3, 0.4) is 0 Å². The number of hydrogen-bond donors (Lipinski definition) is 0. The molecule has 1 aliphatic carbocycles. The van der Waals surface area contributed by atoms with Crippen molar-refractivity contribution in [1.29, 1.82) is 0 Å². The lowest BCUT2D eigenvalue weighted by Gasteiger charge is -2.07. The predicted octanol–water partition coefficient (Wildman–Crippen LogP) is 7.56. The summed E-state index contributed by atoms with van der Waals surface area (Å²) in [5.41, 5.74) is 6.74. The second kappa shape index (κ2) is 9.29. The van der Waals surface area contributed by atoms with Crippen LogP contribution >= 0.6 is 11.8 Å². The summed E-state index contributed by atoms with van der Waals surface area (Å²) in [6.45, 7) is 12.2. The molecule has 2 aliphatic rings. The van der Waals surface area contributed by atoms with Gasteiger partial charge in [-0.15, -0.1) is 24.9 Å². The fourth-order valence-electron chi connectivity index (χ4n) is 2.93. The van der Waals surface area contributed by atoms with Gasteiger partial charge in [0.25, 0.3) is 0 Å². The van der Waals surface area contributed by atoms with Gasteiger partial charge in [0.1, 0.15) is 0 Å². The minimum absolute atomic E-state index is 0.458. The first kappa shape index (κ1) is 19.1. The molecule has 1 atom stereocenters. The molecule has 1 unspecified atom stereocenters. The lowest BCUT2D eigenvalue weighted by molar-refractivity contribution is 1.39. The van der Waals surface area contributed by atoms with Crippen LogP contribution in [-0.2, 0) is 0 Å². The highest BCUT2D eigenvalue weighted by Gasteiger charge is 2.26. The molecule has 25 heavy (non-hydrogen) atoms. The van der Waals surface area contributed by atoms with Gasteiger partial charge in [0.15, 0.2) is 0 Å². The standard InChI is InChI=1S/C20H16S.C2H6.C2H4/c1-14-6-5-9-19-17(12-14)18-13-16(10-11-20(18)21-19)15-7-3-2-4-8-15;2*1-2/h2-13,19H,1H3;1-2H3;1-2H2. The smallest absolute Gasteiger partial charge is 0.0534 e. The molecule has 128 valence electrons. The van der Waals surface area contributed by atoms with Crippen molar-refractivity contribution in [2.45, 2.75) is 30.9 Å². The van der Waals surface area contributed by atoms with E-state index >= 15 is 0 Å². The van der Waals surface area contributed by atoms with E-state index in [9.17, 15) is 0 Å². The Morgan fingerprint density at radius 3 is 2.36 bits per heavy atom. The fourth-order valence-corrected chi connectivity index (χ4v) is 4.14. The fraction of sp³-hybridized carbons (Fsp3) is 0.167. The van der Waals surface area contributed by atoms with Crippen molar-refractivity contribution in [2.75, 3.05) is 0 Å². The summed E-state index contributed by atoms with van der Waals surface area (Å²) in [4.78, 5) is 1.39. The molecule has 2 aromatic carbocycles. The third-order valence-corrected chi connectivity index (χ3v) is 5.26. The van der Waals surface area contributed by atoms with Gasteiger partial charge in [0.2, 0.25) is 0 Å². The molecule has 2 aromatic rings. The van der Waals surface area contributed by atoms with Gasteiger partial charge in [-0.25, -0.2) is 0 Å². The largest absolute Gasteiger partial charge is 0.113 e. The highest BCUT2D eigenvalue weighted by molar-refractivity contribution is 8.01. The van der Waals surface area contributed by atoms with Gasteiger partial charge >= 0.3 is 0 Å². The van der Waals surface area contributed by atoms with Crippen molar-refractivity contribution in [3.8, 4) is 11.1 Å². The first-order valence-corrected chi connectivity index (χ1v) is 9.62. The minimum Gasteiger partial charge on any atom is -0.113 e. The van der Waals surface area contributed by atoms with Crippen LogP contribution in [0.2, 0.25) is 0 Å². The third-order valence-electron chi connectivity index (χ3n) is 3.99. The van der Waals surface area contributed by atoms with Gasteiger partial charge in [-0.3, -0.25) is 0 Å². The molecule has 0 radical (unpaired) electrons. The van der Waals surface area contributed by atoms with E-state index in [4.69, 9.17) is 0 Å². The van der Waals surface area contributed by atoms with E-state index < -0.39 is 0 Å². The average molecular weight is 347 g/mol. The summed E-state index contributed by atoms with van der Waals surface area (Å²) in [5.74, 6) is 0. The maximum Gasteiger partial charge on any atom is 0.0534 e. The summed E-state index contributed by atoms with van der Waals surface area (Å²) in [6, 6.07) is 17.5. The molecule has 0 saturated heterocycles. The monoisotopic (exact) mass is 346 g/mol. The molecule has 0 bridgehead atoms. The summed E-state index contributed by atoms with van der Waals surface area (Å²) in [7, 11) is 0. The minimum atomic E-state index is 0.458. The van der Waals surface area contributed by atoms with Gasteiger partial charge < -0.3 is 0 Å². The summed E-state index contributed by atoms with van der Waals surface area (Å²) in [6.07, 6.45) is 9.00. The quantitative estimate of drug-likeness (QED) is 0.480. The van der Waals surface area contributed by atoms with E-state index in [1.807, 2.05) is 25.6 Å². The Kier molecular flexibility index (Phi) is 7.09. The first-order valence-electron chi connectivity index (χ1n) is 8.74. The van der Waals surface area contributed by atoms with Crippen LogP contribution in [0.1, 0.15) is 26.3 Å². The van der Waals surface area contributed by atoms with Crippen LogP contribution in [0, 0.1) is 0 Å². The molecule has 1 heteroatoms. The Morgan fingerprint density at radius 1 is 0.920 bits per heavy atom. The Labute approximate surface area is 156 Å². The topological polar surface area (TPSA) is 0 Å². The van der Waals surface area contributed by atoms with Crippen molar-refractivity contribution >= 4 is 17.3 Å². The third kappa shape index (κ3) is 4.24. The van der Waals surface area contributed by atoms with Gasteiger partial charge in [0, 0.05) is 4.90 Å². The lowest BCUT2D eigenvalue weighted by atomic mass is 9.96. The summed E-state index contributed by atoms with van der Waals surface area (Å²) >= 11 is 1.95. The van der Waals surface area contributed by atoms with E-state index in [0.29, 0.717) is 5.25 Å². The predicted molar refractivity (Wildman–Crippen MR) is 115 cm³/mol. The maximum absolute atomic E-state index is 3.00. The van der Waals surface area contributed by atoms with Crippen LogP contribution in [0.25, 0.3) is 16.7 Å². The van der Waals surface area contributed by atoms with E-state index in [2.05, 4.69) is 92.9 Å². The van der Waals surface area contributed by atoms with Gasteiger partial charge in [-0.1, -0.05) is 80.1 Å². The van der Waals surface area contributed by atoms with Crippen LogP contribution in [0.5, 0.6) is 0 Å². The van der Waals surface area contributed by atoms with Crippen LogP contribution in [-0.4, -0.2) is 5.25 Å². The molecular formula is C24H26S. The molecule has 1 aliphatic heterocycles. The first-order chi connectivity index (χ1) is 12.3. The number of fused-ring (bicyclic) bond motifs is 3. The molecule has 1 heterocycles. The second-order valence-electron chi connectivity index (χ2n) is 5.51. The molecular weight excluding hydrogens is 320 g/mol. The Balaban J connectivity index is 0.000000528. The maximum atomic E-state index is 3.00. The lowest BCUT2D eigenvalue weighted by Crippen LogP contribution is -1.94. The van der Waals surface area contributed by atoms with Crippen molar-refractivity contribution < 1.29 is 0 Å². The SMILES string of the molecule is C=C.CC.CC1=CC=CC2Sc3ccc(-c4ccccc4)cc3C2=C1. The Morgan fingerprint density at radius 2 is 1.64 bits per heavy atom. The van der Waals surface area contributed by atoms with Crippen LogP contribution in [0.15, 0.2) is 96.5 Å². The number of hydrogen-bond acceptors (Lipinski definition) is 1. The van der Waals surface area contributed by atoms with Crippen molar-refractivity contribution in [2.24, 2.45) is 0 Å². The zero-order valence-electron chi connectivity index (χ0n) is 15.3. The molecule has 0 spiro atoms. The molecule has 0 amide bonds. The highest BCUT2D eigenvalue weighted by Crippen LogP contribution is 2.47. The van der Waals surface area contributed by atoms with Crippen molar-refractivity contribution in [1.82, 2.24) is 0 Å². The Hall–Kier alpha value is -2.25. The van der Waals surface area contributed by atoms with Crippen LogP contribution in [0.4, 0.5) is 0 Å². The van der Waals surface area contributed by atoms with Crippen molar-refractivity contribution in [3.05, 3.63) is 97.1 Å². The molecule has 0 aromatic heterocycles. The highest BCUT2D eigenvalue weighted by atomic mass is 32.2. The van der Waals surface area contributed by atoms with E-state index in [-0.39, 0.29) is 0 Å². The van der Waals surface area contributed by atoms with E-state index in [0.717, 1.165) is 0 Å². The second-order valence-corrected chi connectivity index (χ2v) is 6.69. The average Bonchev–Trinajstić information content (AvgIpc) is 2.91. The number of rotatable bonds is 1. The summed E-state index contributed by atoms with van der Waals surface area (Å²) < 4.78 is 0. The number of thioether (sulfide) groups is 1. The van der Waals surface area contributed by atoms with Gasteiger partial charge in [-0.2, -0.15) is 0 Å². The van der Waals surface area contributed by atoms with E-state index in [1.54, 1.807) is 0 Å². The molecule has 0 nitrogen and oxygen atoms in total.